The Kier molecular flexibility index (Phi) is 14.5. The third kappa shape index (κ3) is 11.8. The van der Waals surface area contributed by atoms with Crippen molar-refractivity contribution in [2.45, 2.75) is 26.7 Å². The van der Waals surface area contributed by atoms with Crippen LogP contribution in [-0.4, -0.2) is 89.4 Å². The van der Waals surface area contributed by atoms with E-state index in [9.17, 15) is 0 Å². The summed E-state index contributed by atoms with van der Waals surface area (Å²) in [5.41, 5.74) is 0. The fourth-order valence-corrected chi connectivity index (χ4v) is 2.25. The number of ether oxygens (including phenoxy) is 1. The van der Waals surface area contributed by atoms with Crippen LogP contribution in [-0.2, 0) is 4.74 Å². The molecular formula is C16H37N5O. The Morgan fingerprint density at radius 1 is 1.05 bits per heavy atom. The van der Waals surface area contributed by atoms with Gasteiger partial charge in [-0.25, -0.2) is 0 Å². The largest absolute Gasteiger partial charge is 0.385 e. The summed E-state index contributed by atoms with van der Waals surface area (Å²) < 4.78 is 5.07. The molecule has 2 N–H and O–H groups in total. The molecule has 6 nitrogen and oxygen atoms in total. The molecule has 0 saturated carbocycles. The van der Waals surface area contributed by atoms with Crippen LogP contribution in [0.25, 0.3) is 0 Å². The van der Waals surface area contributed by atoms with Crippen molar-refractivity contribution in [3.8, 4) is 0 Å². The molecular weight excluding hydrogens is 278 g/mol. The highest BCUT2D eigenvalue weighted by atomic mass is 16.5. The SMILES string of the molecule is CCCN(CC)CCNC(=NC)NCCN(C)CCCOC. The average molecular weight is 316 g/mol. The van der Waals surface area contributed by atoms with Crippen LogP contribution in [0.4, 0.5) is 0 Å². The van der Waals surface area contributed by atoms with Crippen molar-refractivity contribution in [3.63, 3.8) is 0 Å². The fraction of sp³-hybridized carbons (Fsp3) is 0.938. The Morgan fingerprint density at radius 2 is 1.73 bits per heavy atom. The lowest BCUT2D eigenvalue weighted by Gasteiger charge is -2.21. The number of methoxy groups -OCH3 is 1. The van der Waals surface area contributed by atoms with E-state index < -0.39 is 0 Å². The maximum atomic E-state index is 5.07. The molecule has 0 aromatic heterocycles. The lowest BCUT2D eigenvalue weighted by molar-refractivity contribution is 0.180. The second kappa shape index (κ2) is 15.1. The highest BCUT2D eigenvalue weighted by molar-refractivity contribution is 5.79. The van der Waals surface area contributed by atoms with E-state index in [0.29, 0.717) is 0 Å². The number of hydrogen-bond donors (Lipinski definition) is 2. The van der Waals surface area contributed by atoms with Crippen LogP contribution in [0, 0.1) is 0 Å². The molecule has 132 valence electrons. The number of likely N-dealkylation sites (N-methyl/N-ethyl adjacent to an activating group) is 2. The molecule has 0 heterocycles. The van der Waals surface area contributed by atoms with Crippen LogP contribution < -0.4 is 10.6 Å². The van der Waals surface area contributed by atoms with E-state index in [2.05, 4.69) is 46.3 Å². The van der Waals surface area contributed by atoms with Gasteiger partial charge in [-0.2, -0.15) is 0 Å². The normalized spacial score (nSPS) is 12.2. The first kappa shape index (κ1) is 21.1. The monoisotopic (exact) mass is 315 g/mol. The van der Waals surface area contributed by atoms with E-state index in [4.69, 9.17) is 4.74 Å². The van der Waals surface area contributed by atoms with E-state index in [1.807, 2.05) is 7.05 Å². The van der Waals surface area contributed by atoms with Gasteiger partial charge in [0.25, 0.3) is 0 Å². The number of guanidine groups is 1. The second-order valence-corrected chi connectivity index (χ2v) is 5.51. The molecule has 0 saturated heterocycles. The van der Waals surface area contributed by atoms with Crippen molar-refractivity contribution < 1.29 is 4.74 Å². The first-order valence-corrected chi connectivity index (χ1v) is 8.52. The van der Waals surface area contributed by atoms with Gasteiger partial charge in [-0.3, -0.25) is 4.99 Å². The number of nitrogens with zero attached hydrogens (tertiary/aromatic N) is 3. The van der Waals surface area contributed by atoms with E-state index in [1.165, 1.54) is 6.42 Å². The molecule has 0 aromatic rings. The van der Waals surface area contributed by atoms with Crippen molar-refractivity contribution in [2.75, 3.05) is 73.6 Å². The molecule has 0 aromatic carbocycles. The molecule has 0 bridgehead atoms. The smallest absolute Gasteiger partial charge is 0.191 e. The van der Waals surface area contributed by atoms with Gasteiger partial charge >= 0.3 is 0 Å². The summed E-state index contributed by atoms with van der Waals surface area (Å²) in [6.45, 7) is 12.5. The van der Waals surface area contributed by atoms with Gasteiger partial charge in [0.1, 0.15) is 0 Å². The van der Waals surface area contributed by atoms with Crippen LogP contribution in [0.15, 0.2) is 4.99 Å². The molecule has 0 spiro atoms. The predicted molar refractivity (Wildman–Crippen MR) is 95.8 cm³/mol. The zero-order valence-electron chi connectivity index (χ0n) is 15.3. The molecule has 0 rings (SSSR count). The average Bonchev–Trinajstić information content (AvgIpc) is 2.52. The van der Waals surface area contributed by atoms with Gasteiger partial charge in [-0.15, -0.1) is 0 Å². The van der Waals surface area contributed by atoms with Crippen LogP contribution >= 0.6 is 0 Å². The third-order valence-electron chi connectivity index (χ3n) is 3.61. The van der Waals surface area contributed by atoms with Crippen molar-refractivity contribution in [3.05, 3.63) is 0 Å². The molecule has 0 radical (unpaired) electrons. The fourth-order valence-electron chi connectivity index (χ4n) is 2.25. The number of rotatable bonds is 13. The van der Waals surface area contributed by atoms with Gasteiger partial charge in [-0.05, 0) is 33.0 Å². The van der Waals surface area contributed by atoms with Gasteiger partial charge in [0, 0.05) is 53.5 Å². The maximum absolute atomic E-state index is 5.07. The van der Waals surface area contributed by atoms with Gasteiger partial charge in [0.15, 0.2) is 5.96 Å². The first-order chi connectivity index (χ1) is 10.7. The minimum atomic E-state index is 0.826. The van der Waals surface area contributed by atoms with Crippen LogP contribution in [0.3, 0.4) is 0 Å². The highest BCUT2D eigenvalue weighted by Crippen LogP contribution is 1.89. The standard InChI is InChI=1S/C16H37N5O/c1-6-11-21(7-2)14-10-19-16(17-3)18-9-13-20(4)12-8-15-22-5/h6-15H2,1-5H3,(H2,17,18,19). The molecule has 22 heavy (non-hydrogen) atoms. The number of hydrogen-bond acceptors (Lipinski definition) is 4. The summed E-state index contributed by atoms with van der Waals surface area (Å²) in [6.07, 6.45) is 2.28. The Labute approximate surface area is 137 Å². The number of aliphatic imine (C=N–C) groups is 1. The van der Waals surface area contributed by atoms with Crippen LogP contribution in [0.1, 0.15) is 26.7 Å². The van der Waals surface area contributed by atoms with Gasteiger partial charge in [0.05, 0.1) is 0 Å². The molecule has 0 unspecified atom stereocenters. The molecule has 0 aliphatic rings. The molecule has 0 aliphatic heterocycles. The minimum Gasteiger partial charge on any atom is -0.385 e. The molecule has 6 heteroatoms. The summed E-state index contributed by atoms with van der Waals surface area (Å²) in [5, 5.41) is 6.74. The third-order valence-corrected chi connectivity index (χ3v) is 3.61. The highest BCUT2D eigenvalue weighted by Gasteiger charge is 2.02. The lowest BCUT2D eigenvalue weighted by Crippen LogP contribution is -2.44. The van der Waals surface area contributed by atoms with Crippen molar-refractivity contribution >= 4 is 5.96 Å². The molecule has 0 amide bonds. The maximum Gasteiger partial charge on any atom is 0.191 e. The molecule has 0 aliphatic carbocycles. The summed E-state index contributed by atoms with van der Waals surface area (Å²) in [6, 6.07) is 0. The van der Waals surface area contributed by atoms with Crippen LogP contribution in [0.2, 0.25) is 0 Å². The van der Waals surface area contributed by atoms with E-state index in [1.54, 1.807) is 7.11 Å². The zero-order valence-corrected chi connectivity index (χ0v) is 15.3. The summed E-state index contributed by atoms with van der Waals surface area (Å²) in [5.74, 6) is 0.887. The van der Waals surface area contributed by atoms with Crippen molar-refractivity contribution in [1.29, 1.82) is 0 Å². The topological polar surface area (TPSA) is 52.1 Å². The second-order valence-electron chi connectivity index (χ2n) is 5.51. The van der Waals surface area contributed by atoms with Gasteiger partial charge in [-0.1, -0.05) is 13.8 Å². The minimum absolute atomic E-state index is 0.826. The lowest BCUT2D eigenvalue weighted by atomic mass is 10.4. The van der Waals surface area contributed by atoms with Crippen molar-refractivity contribution in [2.24, 2.45) is 4.99 Å². The summed E-state index contributed by atoms with van der Waals surface area (Å²) in [7, 11) is 5.70. The predicted octanol–water partition coefficient (Wildman–Crippen LogP) is 0.852. The van der Waals surface area contributed by atoms with Crippen LogP contribution in [0.5, 0.6) is 0 Å². The molecule has 0 atom stereocenters. The van der Waals surface area contributed by atoms with E-state index in [0.717, 1.165) is 64.8 Å². The molecule has 0 fully saturated rings. The van der Waals surface area contributed by atoms with E-state index >= 15 is 0 Å². The Bertz CT molecular complexity index is 273. The zero-order chi connectivity index (χ0) is 16.6. The van der Waals surface area contributed by atoms with Crippen molar-refractivity contribution in [1.82, 2.24) is 20.4 Å². The van der Waals surface area contributed by atoms with Gasteiger partial charge < -0.3 is 25.2 Å². The summed E-state index contributed by atoms with van der Waals surface area (Å²) >= 11 is 0. The van der Waals surface area contributed by atoms with Gasteiger partial charge in [0.2, 0.25) is 0 Å². The first-order valence-electron chi connectivity index (χ1n) is 8.52. The Morgan fingerprint density at radius 3 is 2.27 bits per heavy atom. The Hall–Kier alpha value is -0.850. The quantitative estimate of drug-likeness (QED) is 0.300. The van der Waals surface area contributed by atoms with E-state index in [-0.39, 0.29) is 0 Å². The summed E-state index contributed by atoms with van der Waals surface area (Å²) in [4.78, 5) is 9.02. The Balaban J connectivity index is 3.75. The number of nitrogens with one attached hydrogen (secondary N) is 2.